The topological polar surface area (TPSA) is 75.3 Å². The average molecular weight is 202 g/mol. The average Bonchev–Trinajstić information content (AvgIpc) is 2.14. The van der Waals surface area contributed by atoms with Gasteiger partial charge >= 0.3 is 0 Å². The molecule has 0 bridgehead atoms. The van der Waals surface area contributed by atoms with Gasteiger partial charge in [0.05, 0.1) is 6.04 Å². The van der Waals surface area contributed by atoms with E-state index in [1.165, 1.54) is 0 Å². The summed E-state index contributed by atoms with van der Waals surface area (Å²) in [7, 11) is 0. The standard InChI is InChI=1S/C10H22N2O2/c1-3-4-9(5-6-13)7-12-10(14)8(2)11/h8-9,13H,3-7,11H2,1-2H3,(H,12,14)/t8-,9?/m0/s1. The first-order valence-corrected chi connectivity index (χ1v) is 5.26. The first-order valence-electron chi connectivity index (χ1n) is 5.26. The summed E-state index contributed by atoms with van der Waals surface area (Å²) in [5.41, 5.74) is 5.41. The van der Waals surface area contributed by atoms with Gasteiger partial charge in [0.2, 0.25) is 5.91 Å². The fourth-order valence-corrected chi connectivity index (χ4v) is 1.35. The van der Waals surface area contributed by atoms with Crippen molar-refractivity contribution in [1.29, 1.82) is 0 Å². The molecule has 0 spiro atoms. The molecule has 84 valence electrons. The Kier molecular flexibility index (Phi) is 7.42. The summed E-state index contributed by atoms with van der Waals surface area (Å²) in [5.74, 6) is 0.247. The van der Waals surface area contributed by atoms with Crippen molar-refractivity contribution >= 4 is 5.91 Å². The number of aliphatic hydroxyl groups excluding tert-OH is 1. The monoisotopic (exact) mass is 202 g/mol. The highest BCUT2D eigenvalue weighted by atomic mass is 16.3. The van der Waals surface area contributed by atoms with Crippen molar-refractivity contribution in [3.8, 4) is 0 Å². The molecule has 0 aromatic carbocycles. The van der Waals surface area contributed by atoms with Crippen LogP contribution in [-0.4, -0.2) is 30.2 Å². The molecule has 0 heterocycles. The van der Waals surface area contributed by atoms with E-state index in [2.05, 4.69) is 12.2 Å². The number of nitrogens with one attached hydrogen (secondary N) is 1. The SMILES string of the molecule is CCCC(CCO)CNC(=O)[C@H](C)N. The number of rotatable bonds is 7. The molecule has 1 unspecified atom stereocenters. The zero-order chi connectivity index (χ0) is 11.0. The van der Waals surface area contributed by atoms with Gasteiger partial charge < -0.3 is 16.2 Å². The van der Waals surface area contributed by atoms with Crippen LogP contribution in [0.4, 0.5) is 0 Å². The van der Waals surface area contributed by atoms with Gasteiger partial charge in [-0.25, -0.2) is 0 Å². The van der Waals surface area contributed by atoms with Crippen molar-refractivity contribution in [1.82, 2.24) is 5.32 Å². The molecule has 0 aromatic heterocycles. The first-order chi connectivity index (χ1) is 6.61. The van der Waals surface area contributed by atoms with Crippen molar-refractivity contribution in [2.24, 2.45) is 11.7 Å². The highest BCUT2D eigenvalue weighted by molar-refractivity contribution is 5.80. The van der Waals surface area contributed by atoms with Gasteiger partial charge in [-0.1, -0.05) is 13.3 Å². The smallest absolute Gasteiger partial charge is 0.236 e. The van der Waals surface area contributed by atoms with Gasteiger partial charge in [0.15, 0.2) is 0 Å². The van der Waals surface area contributed by atoms with E-state index in [-0.39, 0.29) is 12.5 Å². The maximum atomic E-state index is 11.2. The van der Waals surface area contributed by atoms with E-state index >= 15 is 0 Å². The van der Waals surface area contributed by atoms with Crippen molar-refractivity contribution in [2.45, 2.75) is 39.2 Å². The Morgan fingerprint density at radius 3 is 2.57 bits per heavy atom. The highest BCUT2D eigenvalue weighted by Gasteiger charge is 2.11. The molecule has 1 amide bonds. The predicted octanol–water partition coefficient (Wildman–Crippen LogP) is 0.249. The van der Waals surface area contributed by atoms with E-state index in [1.807, 2.05) is 0 Å². The molecule has 0 aliphatic rings. The van der Waals surface area contributed by atoms with Gasteiger partial charge in [-0.3, -0.25) is 4.79 Å². The molecule has 0 radical (unpaired) electrons. The molecule has 0 saturated carbocycles. The third-order valence-electron chi connectivity index (χ3n) is 2.21. The number of carbonyl (C=O) groups is 1. The van der Waals surface area contributed by atoms with Gasteiger partial charge in [-0.15, -0.1) is 0 Å². The van der Waals surface area contributed by atoms with Crippen LogP contribution in [0.5, 0.6) is 0 Å². The lowest BCUT2D eigenvalue weighted by atomic mass is 10.0. The summed E-state index contributed by atoms with van der Waals surface area (Å²) in [4.78, 5) is 11.2. The predicted molar refractivity (Wildman–Crippen MR) is 56.8 cm³/mol. The molecule has 0 aromatic rings. The number of hydrogen-bond acceptors (Lipinski definition) is 3. The summed E-state index contributed by atoms with van der Waals surface area (Å²) in [6.45, 7) is 4.56. The number of nitrogens with two attached hydrogens (primary N) is 1. The van der Waals surface area contributed by atoms with Gasteiger partial charge in [0.1, 0.15) is 0 Å². The summed E-state index contributed by atoms with van der Waals surface area (Å²) in [6, 6.07) is -0.452. The highest BCUT2D eigenvalue weighted by Crippen LogP contribution is 2.09. The fraction of sp³-hybridized carbons (Fsp3) is 0.900. The van der Waals surface area contributed by atoms with Crippen LogP contribution in [0.1, 0.15) is 33.1 Å². The van der Waals surface area contributed by atoms with Crippen LogP contribution in [0, 0.1) is 5.92 Å². The molecular weight excluding hydrogens is 180 g/mol. The lowest BCUT2D eigenvalue weighted by Gasteiger charge is -2.16. The second-order valence-corrected chi connectivity index (χ2v) is 3.70. The Hall–Kier alpha value is -0.610. The third kappa shape index (κ3) is 5.94. The van der Waals surface area contributed by atoms with Crippen LogP contribution in [0.2, 0.25) is 0 Å². The first kappa shape index (κ1) is 13.4. The van der Waals surface area contributed by atoms with Gasteiger partial charge in [-0.2, -0.15) is 0 Å². The maximum Gasteiger partial charge on any atom is 0.236 e. The van der Waals surface area contributed by atoms with Crippen LogP contribution in [0.25, 0.3) is 0 Å². The van der Waals surface area contributed by atoms with Crippen LogP contribution in [-0.2, 0) is 4.79 Å². The van der Waals surface area contributed by atoms with Crippen LogP contribution in [0.15, 0.2) is 0 Å². The number of hydrogen-bond donors (Lipinski definition) is 3. The van der Waals surface area contributed by atoms with E-state index in [4.69, 9.17) is 10.8 Å². The van der Waals surface area contributed by atoms with Crippen molar-refractivity contribution in [2.75, 3.05) is 13.2 Å². The molecule has 0 aliphatic heterocycles. The number of amides is 1. The zero-order valence-electron chi connectivity index (χ0n) is 9.12. The Morgan fingerprint density at radius 2 is 2.14 bits per heavy atom. The minimum absolute atomic E-state index is 0.121. The molecule has 2 atom stereocenters. The molecule has 4 nitrogen and oxygen atoms in total. The van der Waals surface area contributed by atoms with Crippen molar-refractivity contribution in [3.63, 3.8) is 0 Å². The van der Waals surface area contributed by atoms with E-state index < -0.39 is 6.04 Å². The van der Waals surface area contributed by atoms with E-state index in [1.54, 1.807) is 6.92 Å². The van der Waals surface area contributed by atoms with Crippen molar-refractivity contribution < 1.29 is 9.90 Å². The summed E-state index contributed by atoms with van der Waals surface area (Å²) in [5, 5.41) is 11.6. The van der Waals surface area contributed by atoms with E-state index in [0.29, 0.717) is 12.5 Å². The second kappa shape index (κ2) is 7.76. The summed E-state index contributed by atoms with van der Waals surface area (Å²) in [6.07, 6.45) is 2.84. The Bertz CT molecular complexity index is 154. The largest absolute Gasteiger partial charge is 0.396 e. The fourth-order valence-electron chi connectivity index (χ4n) is 1.35. The summed E-state index contributed by atoms with van der Waals surface area (Å²) < 4.78 is 0. The van der Waals surface area contributed by atoms with Crippen LogP contribution < -0.4 is 11.1 Å². The molecule has 4 N–H and O–H groups in total. The van der Waals surface area contributed by atoms with E-state index in [0.717, 1.165) is 19.3 Å². The summed E-state index contributed by atoms with van der Waals surface area (Å²) >= 11 is 0. The quantitative estimate of drug-likeness (QED) is 0.554. The minimum atomic E-state index is -0.452. The van der Waals surface area contributed by atoms with Gasteiger partial charge in [0, 0.05) is 13.2 Å². The van der Waals surface area contributed by atoms with Crippen LogP contribution in [0.3, 0.4) is 0 Å². The number of aliphatic hydroxyl groups is 1. The Balaban J connectivity index is 3.74. The second-order valence-electron chi connectivity index (χ2n) is 3.70. The normalized spacial score (nSPS) is 14.9. The van der Waals surface area contributed by atoms with Gasteiger partial charge in [-0.05, 0) is 25.7 Å². The molecule has 14 heavy (non-hydrogen) atoms. The molecule has 0 aliphatic carbocycles. The molecule has 0 fully saturated rings. The lowest BCUT2D eigenvalue weighted by molar-refractivity contribution is -0.122. The zero-order valence-corrected chi connectivity index (χ0v) is 9.12. The van der Waals surface area contributed by atoms with Crippen LogP contribution >= 0.6 is 0 Å². The molecule has 4 heteroatoms. The van der Waals surface area contributed by atoms with Crippen molar-refractivity contribution in [3.05, 3.63) is 0 Å². The van der Waals surface area contributed by atoms with E-state index in [9.17, 15) is 4.79 Å². The molecule has 0 rings (SSSR count). The molecular formula is C10H22N2O2. The minimum Gasteiger partial charge on any atom is -0.396 e. The number of carbonyl (C=O) groups excluding carboxylic acids is 1. The molecule has 0 saturated heterocycles. The Labute approximate surface area is 85.9 Å². The third-order valence-corrected chi connectivity index (χ3v) is 2.21. The lowest BCUT2D eigenvalue weighted by Crippen LogP contribution is -2.40. The Morgan fingerprint density at radius 1 is 1.50 bits per heavy atom. The van der Waals surface area contributed by atoms with Gasteiger partial charge in [0.25, 0.3) is 0 Å². The maximum absolute atomic E-state index is 11.2.